The Kier molecular flexibility index (Phi) is 5.02. The van der Waals surface area contributed by atoms with Crippen molar-refractivity contribution in [3.63, 3.8) is 0 Å². The zero-order chi connectivity index (χ0) is 13.4. The van der Waals surface area contributed by atoms with Crippen molar-refractivity contribution in [2.75, 3.05) is 13.1 Å². The first kappa shape index (κ1) is 15.7. The first-order valence-electron chi connectivity index (χ1n) is 6.96. The Bertz CT molecular complexity index is 582. The summed E-state index contributed by atoms with van der Waals surface area (Å²) in [6.45, 7) is 7.54. The Hall–Kier alpha value is -0.680. The van der Waals surface area contributed by atoms with Crippen molar-refractivity contribution in [1.29, 1.82) is 0 Å². The second-order valence-electron chi connectivity index (χ2n) is 5.68. The average Bonchev–Trinajstić information content (AvgIpc) is 2.94. The number of aromatic nitrogens is 1. The standard InChI is InChI=1S/C15H21N3S.ClH/c1-10(16)13-5-6-18(9-13)8-12-3-4-14-15(7-12)19-11(2)17-14;/h3-4,7,10,13H,5-6,8-9,16H2,1-2H3;1H. The van der Waals surface area contributed by atoms with E-state index in [4.69, 9.17) is 5.73 Å². The van der Waals surface area contributed by atoms with Crippen LogP contribution in [0.1, 0.15) is 23.9 Å². The topological polar surface area (TPSA) is 42.2 Å². The van der Waals surface area contributed by atoms with Gasteiger partial charge < -0.3 is 5.73 Å². The molecule has 0 radical (unpaired) electrons. The number of thiazole rings is 1. The molecule has 1 aliphatic heterocycles. The largest absolute Gasteiger partial charge is 0.328 e. The Morgan fingerprint density at radius 1 is 1.50 bits per heavy atom. The summed E-state index contributed by atoms with van der Waals surface area (Å²) in [5.74, 6) is 0.661. The van der Waals surface area contributed by atoms with Crippen LogP contribution in [-0.4, -0.2) is 29.0 Å². The summed E-state index contributed by atoms with van der Waals surface area (Å²) in [6.07, 6.45) is 1.24. The number of fused-ring (bicyclic) bond motifs is 1. The van der Waals surface area contributed by atoms with Gasteiger partial charge in [-0.15, -0.1) is 23.7 Å². The van der Waals surface area contributed by atoms with Gasteiger partial charge in [0, 0.05) is 19.1 Å². The predicted octanol–water partition coefficient (Wildman–Crippen LogP) is 3.20. The van der Waals surface area contributed by atoms with Crippen molar-refractivity contribution >= 4 is 34.0 Å². The number of benzene rings is 1. The van der Waals surface area contributed by atoms with E-state index in [2.05, 4.69) is 41.9 Å². The van der Waals surface area contributed by atoms with E-state index in [1.54, 1.807) is 11.3 Å². The molecule has 110 valence electrons. The highest BCUT2D eigenvalue weighted by atomic mass is 35.5. The van der Waals surface area contributed by atoms with Crippen LogP contribution >= 0.6 is 23.7 Å². The van der Waals surface area contributed by atoms with Gasteiger partial charge in [0.15, 0.2) is 0 Å². The molecule has 2 aromatic rings. The van der Waals surface area contributed by atoms with Gasteiger partial charge in [0.05, 0.1) is 15.2 Å². The van der Waals surface area contributed by atoms with Crippen LogP contribution in [0.5, 0.6) is 0 Å². The maximum absolute atomic E-state index is 6.00. The van der Waals surface area contributed by atoms with Gasteiger partial charge in [-0.2, -0.15) is 0 Å². The van der Waals surface area contributed by atoms with Crippen LogP contribution in [0.15, 0.2) is 18.2 Å². The second-order valence-corrected chi connectivity index (χ2v) is 6.91. The Balaban J connectivity index is 0.00000147. The van der Waals surface area contributed by atoms with E-state index in [-0.39, 0.29) is 12.4 Å². The van der Waals surface area contributed by atoms with Gasteiger partial charge in [-0.3, -0.25) is 4.90 Å². The Labute approximate surface area is 130 Å². The van der Waals surface area contributed by atoms with E-state index < -0.39 is 0 Å². The molecule has 1 aromatic carbocycles. The normalized spacial score (nSPS) is 21.1. The van der Waals surface area contributed by atoms with Crippen LogP contribution in [-0.2, 0) is 6.54 Å². The molecule has 0 spiro atoms. The van der Waals surface area contributed by atoms with Gasteiger partial charge in [-0.1, -0.05) is 6.07 Å². The van der Waals surface area contributed by atoms with Gasteiger partial charge in [-0.25, -0.2) is 4.98 Å². The molecule has 0 amide bonds. The highest BCUT2D eigenvalue weighted by Gasteiger charge is 2.24. The third kappa shape index (κ3) is 3.31. The van der Waals surface area contributed by atoms with Gasteiger partial charge in [0.1, 0.15) is 0 Å². The molecular formula is C15H22ClN3S. The molecule has 0 bridgehead atoms. The fourth-order valence-corrected chi connectivity index (χ4v) is 3.77. The molecule has 0 aliphatic carbocycles. The number of rotatable bonds is 3. The maximum Gasteiger partial charge on any atom is 0.0907 e. The molecule has 3 rings (SSSR count). The molecule has 3 nitrogen and oxygen atoms in total. The van der Waals surface area contributed by atoms with Crippen LogP contribution < -0.4 is 5.73 Å². The zero-order valence-electron chi connectivity index (χ0n) is 12.0. The smallest absolute Gasteiger partial charge is 0.0907 e. The van der Waals surface area contributed by atoms with E-state index in [0.29, 0.717) is 12.0 Å². The van der Waals surface area contributed by atoms with Crippen molar-refractivity contribution in [3.8, 4) is 0 Å². The van der Waals surface area contributed by atoms with Crippen LogP contribution in [0, 0.1) is 12.8 Å². The Morgan fingerprint density at radius 3 is 3.00 bits per heavy atom. The number of likely N-dealkylation sites (tertiary alicyclic amines) is 1. The number of hydrogen-bond donors (Lipinski definition) is 1. The fourth-order valence-electron chi connectivity index (χ4n) is 2.88. The van der Waals surface area contributed by atoms with Crippen molar-refractivity contribution in [2.24, 2.45) is 11.7 Å². The molecule has 2 atom stereocenters. The van der Waals surface area contributed by atoms with Crippen LogP contribution in [0.25, 0.3) is 10.2 Å². The van der Waals surface area contributed by atoms with Crippen LogP contribution in [0.2, 0.25) is 0 Å². The van der Waals surface area contributed by atoms with Crippen molar-refractivity contribution in [2.45, 2.75) is 32.9 Å². The van der Waals surface area contributed by atoms with E-state index in [9.17, 15) is 0 Å². The summed E-state index contributed by atoms with van der Waals surface area (Å²) in [6, 6.07) is 6.96. The summed E-state index contributed by atoms with van der Waals surface area (Å²) in [4.78, 5) is 7.03. The van der Waals surface area contributed by atoms with Crippen molar-refractivity contribution < 1.29 is 0 Å². The predicted molar refractivity (Wildman–Crippen MR) is 88.6 cm³/mol. The minimum absolute atomic E-state index is 0. The average molecular weight is 312 g/mol. The van der Waals surface area contributed by atoms with Gasteiger partial charge >= 0.3 is 0 Å². The number of aryl methyl sites for hydroxylation is 1. The van der Waals surface area contributed by atoms with E-state index >= 15 is 0 Å². The van der Waals surface area contributed by atoms with Gasteiger partial charge in [0.2, 0.25) is 0 Å². The van der Waals surface area contributed by atoms with Crippen LogP contribution in [0.3, 0.4) is 0 Å². The van der Waals surface area contributed by atoms with Crippen LogP contribution in [0.4, 0.5) is 0 Å². The number of hydrogen-bond acceptors (Lipinski definition) is 4. The molecule has 2 N–H and O–H groups in total. The zero-order valence-corrected chi connectivity index (χ0v) is 13.6. The first-order valence-corrected chi connectivity index (χ1v) is 7.77. The lowest BCUT2D eigenvalue weighted by atomic mass is 10.0. The summed E-state index contributed by atoms with van der Waals surface area (Å²) in [7, 11) is 0. The van der Waals surface area contributed by atoms with E-state index in [1.807, 2.05) is 0 Å². The third-order valence-corrected chi connectivity index (χ3v) is 4.95. The summed E-state index contributed by atoms with van der Waals surface area (Å²) < 4.78 is 1.30. The summed E-state index contributed by atoms with van der Waals surface area (Å²) in [5, 5.41) is 1.14. The summed E-state index contributed by atoms with van der Waals surface area (Å²) in [5.41, 5.74) is 8.51. The highest BCUT2D eigenvalue weighted by molar-refractivity contribution is 7.18. The van der Waals surface area contributed by atoms with Gasteiger partial charge in [-0.05, 0) is 50.4 Å². The third-order valence-electron chi connectivity index (χ3n) is 4.02. The van der Waals surface area contributed by atoms with Gasteiger partial charge in [0.25, 0.3) is 0 Å². The lowest BCUT2D eigenvalue weighted by molar-refractivity contribution is 0.308. The minimum atomic E-state index is 0. The first-order chi connectivity index (χ1) is 9.11. The Morgan fingerprint density at radius 2 is 2.30 bits per heavy atom. The maximum atomic E-state index is 6.00. The quantitative estimate of drug-likeness (QED) is 0.946. The second kappa shape index (κ2) is 6.39. The van der Waals surface area contributed by atoms with Crippen molar-refractivity contribution in [3.05, 3.63) is 28.8 Å². The number of nitrogens with two attached hydrogens (primary N) is 1. The molecule has 5 heteroatoms. The lowest BCUT2D eigenvalue weighted by Crippen LogP contribution is -2.29. The molecule has 1 saturated heterocycles. The molecular weight excluding hydrogens is 290 g/mol. The lowest BCUT2D eigenvalue weighted by Gasteiger charge is -2.17. The molecule has 1 aromatic heterocycles. The van der Waals surface area contributed by atoms with Crippen molar-refractivity contribution in [1.82, 2.24) is 9.88 Å². The van der Waals surface area contributed by atoms with E-state index in [0.717, 1.165) is 23.6 Å². The summed E-state index contributed by atoms with van der Waals surface area (Å²) >= 11 is 1.78. The molecule has 2 unspecified atom stereocenters. The molecule has 1 aliphatic rings. The monoisotopic (exact) mass is 311 g/mol. The number of halogens is 1. The van der Waals surface area contributed by atoms with E-state index in [1.165, 1.54) is 23.2 Å². The molecule has 0 saturated carbocycles. The molecule has 2 heterocycles. The minimum Gasteiger partial charge on any atom is -0.328 e. The number of nitrogens with zero attached hydrogens (tertiary/aromatic N) is 2. The SMILES string of the molecule is Cc1nc2ccc(CN3CCC(C(C)N)C3)cc2s1.Cl. The molecule has 1 fully saturated rings. The fraction of sp³-hybridized carbons (Fsp3) is 0.533. The molecule has 20 heavy (non-hydrogen) atoms. The highest BCUT2D eigenvalue weighted by Crippen LogP contribution is 2.25.